The summed E-state index contributed by atoms with van der Waals surface area (Å²) in [5.41, 5.74) is -2.62. The fourth-order valence-electron chi connectivity index (χ4n) is 10.3. The molecule has 11 atom stereocenters. The number of aliphatic hydroxyl groups excluding tert-OH is 3. The monoisotopic (exact) mass is 492 g/mol. The van der Waals surface area contributed by atoms with Crippen LogP contribution in [0.25, 0.3) is 0 Å². The zero-order valence-electron chi connectivity index (χ0n) is 23.4. The van der Waals surface area contributed by atoms with Crippen molar-refractivity contribution in [1.29, 1.82) is 0 Å². The molecule has 4 rings (SSSR count). The summed E-state index contributed by atoms with van der Waals surface area (Å²) < 4.78 is 0. The molecular weight excluding hydrogens is 440 g/mol. The van der Waals surface area contributed by atoms with E-state index in [2.05, 4.69) is 34.6 Å². The van der Waals surface area contributed by atoms with Crippen LogP contribution in [0.5, 0.6) is 0 Å². The molecule has 0 spiro atoms. The molecule has 0 radical (unpaired) electrons. The summed E-state index contributed by atoms with van der Waals surface area (Å²) in [6, 6.07) is 0. The van der Waals surface area contributed by atoms with Crippen molar-refractivity contribution in [2.45, 2.75) is 130 Å². The predicted molar refractivity (Wildman–Crippen MR) is 138 cm³/mol. The van der Waals surface area contributed by atoms with Crippen LogP contribution in [0.3, 0.4) is 0 Å². The van der Waals surface area contributed by atoms with E-state index in [1.807, 2.05) is 6.08 Å². The minimum absolute atomic E-state index is 0.0334. The Morgan fingerprint density at radius 1 is 0.829 bits per heavy atom. The lowest BCUT2D eigenvalue weighted by molar-refractivity contribution is -0.246. The highest BCUT2D eigenvalue weighted by atomic mass is 16.3. The molecule has 0 aromatic rings. The second-order valence-corrected chi connectivity index (χ2v) is 15.1. The Morgan fingerprint density at radius 3 is 2.06 bits per heavy atom. The number of hydrogen-bond donors (Lipinski definition) is 5. The molecule has 0 aliphatic heterocycles. The zero-order valence-corrected chi connectivity index (χ0v) is 23.4. The van der Waals surface area contributed by atoms with Crippen LogP contribution in [-0.2, 0) is 0 Å². The molecule has 5 N–H and O–H groups in total. The van der Waals surface area contributed by atoms with Crippen LogP contribution >= 0.6 is 0 Å². The summed E-state index contributed by atoms with van der Waals surface area (Å²) in [7, 11) is 0. The van der Waals surface area contributed by atoms with E-state index in [0.29, 0.717) is 31.1 Å². The summed E-state index contributed by atoms with van der Waals surface area (Å²) in [6.45, 7) is 16.7. The van der Waals surface area contributed by atoms with Crippen molar-refractivity contribution in [2.24, 2.45) is 45.3 Å². The molecule has 35 heavy (non-hydrogen) atoms. The van der Waals surface area contributed by atoms with E-state index in [1.165, 1.54) is 0 Å². The lowest BCUT2D eigenvalue weighted by atomic mass is 9.35. The van der Waals surface area contributed by atoms with Gasteiger partial charge in [0.25, 0.3) is 0 Å². The zero-order chi connectivity index (χ0) is 26.4. The van der Waals surface area contributed by atoms with Crippen molar-refractivity contribution in [1.82, 2.24) is 0 Å². The Kier molecular flexibility index (Phi) is 6.51. The van der Waals surface area contributed by atoms with E-state index in [-0.39, 0.29) is 33.7 Å². The molecule has 5 nitrogen and oxygen atoms in total. The highest BCUT2D eigenvalue weighted by Gasteiger charge is 2.72. The molecule has 0 saturated heterocycles. The molecule has 202 valence electrons. The normalized spacial score (nSPS) is 51.4. The maximum absolute atomic E-state index is 11.8. The molecule has 4 aliphatic carbocycles. The van der Waals surface area contributed by atoms with Crippen LogP contribution < -0.4 is 0 Å². The Hall–Kier alpha value is -0.460. The second-order valence-electron chi connectivity index (χ2n) is 15.1. The van der Waals surface area contributed by atoms with E-state index < -0.39 is 29.3 Å². The van der Waals surface area contributed by atoms with Crippen molar-refractivity contribution in [3.05, 3.63) is 12.2 Å². The minimum atomic E-state index is -1.19. The van der Waals surface area contributed by atoms with Gasteiger partial charge in [0.1, 0.15) is 0 Å². The van der Waals surface area contributed by atoms with Crippen molar-refractivity contribution in [3.63, 3.8) is 0 Å². The first-order valence-corrected chi connectivity index (χ1v) is 14.0. The maximum Gasteiger partial charge on any atom is 0.0771 e. The van der Waals surface area contributed by atoms with Crippen LogP contribution in [0, 0.1) is 45.3 Å². The topological polar surface area (TPSA) is 101 Å². The second kappa shape index (κ2) is 8.27. The summed E-state index contributed by atoms with van der Waals surface area (Å²) in [4.78, 5) is 0. The first-order valence-electron chi connectivity index (χ1n) is 14.0. The van der Waals surface area contributed by atoms with E-state index in [4.69, 9.17) is 0 Å². The molecule has 0 bridgehead atoms. The van der Waals surface area contributed by atoms with Gasteiger partial charge in [-0.05, 0) is 105 Å². The molecule has 4 fully saturated rings. The average Bonchev–Trinajstić information content (AvgIpc) is 2.99. The summed E-state index contributed by atoms with van der Waals surface area (Å²) >= 11 is 0. The lowest BCUT2D eigenvalue weighted by Crippen LogP contribution is -2.66. The van der Waals surface area contributed by atoms with Gasteiger partial charge >= 0.3 is 0 Å². The Morgan fingerprint density at radius 2 is 1.46 bits per heavy atom. The summed E-state index contributed by atoms with van der Waals surface area (Å²) in [5.74, 6) is 0.0950. The molecule has 5 heteroatoms. The quantitative estimate of drug-likeness (QED) is 0.374. The third-order valence-corrected chi connectivity index (χ3v) is 12.2. The molecular formula is C30H52O5. The number of fused-ring (bicyclic) bond motifs is 5. The van der Waals surface area contributed by atoms with Crippen LogP contribution in [0.2, 0.25) is 0 Å². The van der Waals surface area contributed by atoms with Gasteiger partial charge in [-0.3, -0.25) is 0 Å². The Balaban J connectivity index is 1.70. The van der Waals surface area contributed by atoms with Crippen molar-refractivity contribution in [3.8, 4) is 0 Å². The average molecular weight is 493 g/mol. The number of aliphatic hydroxyl groups is 5. The molecule has 0 unspecified atom stereocenters. The third-order valence-electron chi connectivity index (χ3n) is 12.2. The summed E-state index contributed by atoms with van der Waals surface area (Å²) in [5, 5.41) is 55.8. The highest BCUT2D eigenvalue weighted by molar-refractivity contribution is 5.21. The van der Waals surface area contributed by atoms with E-state index in [9.17, 15) is 25.5 Å². The van der Waals surface area contributed by atoms with Crippen molar-refractivity contribution < 1.29 is 25.5 Å². The van der Waals surface area contributed by atoms with Gasteiger partial charge in [0.2, 0.25) is 0 Å². The number of rotatable bonds is 4. The van der Waals surface area contributed by atoms with Crippen LogP contribution in [0.1, 0.15) is 100 Å². The van der Waals surface area contributed by atoms with Gasteiger partial charge in [-0.1, -0.05) is 46.8 Å². The lowest BCUT2D eigenvalue weighted by Gasteiger charge is -2.70. The first-order chi connectivity index (χ1) is 15.8. The van der Waals surface area contributed by atoms with Gasteiger partial charge in [0.05, 0.1) is 29.5 Å². The smallest absolute Gasteiger partial charge is 0.0771 e. The van der Waals surface area contributed by atoms with Crippen molar-refractivity contribution in [2.75, 3.05) is 0 Å². The van der Waals surface area contributed by atoms with Gasteiger partial charge in [-0.15, -0.1) is 0 Å². The fraction of sp³-hybridized carbons (Fsp3) is 0.933. The Bertz CT molecular complexity index is 842. The maximum atomic E-state index is 11.8. The van der Waals surface area contributed by atoms with Gasteiger partial charge in [-0.25, -0.2) is 0 Å². The fourth-order valence-corrected chi connectivity index (χ4v) is 10.3. The van der Waals surface area contributed by atoms with E-state index >= 15 is 0 Å². The van der Waals surface area contributed by atoms with Gasteiger partial charge < -0.3 is 25.5 Å². The minimum Gasteiger partial charge on any atom is -0.393 e. The summed E-state index contributed by atoms with van der Waals surface area (Å²) in [6.07, 6.45) is 7.40. The standard InChI is InChI=1S/C30H52O5/c1-25(2,34)12-9-13-30(8,35)24-19(32)17-29(7)23(24)18(31)16-21-27(5)14-11-22(33)26(3,4)20(27)10-15-28(21,29)6/h9,12,18-24,31-35H,10-11,13-17H2,1-8H3/b12-9+/t18-,19+,20+,21-,22+,23+,24+,27+,28-,29-,30+/m1/s1. The van der Waals surface area contributed by atoms with Crippen LogP contribution in [0.15, 0.2) is 12.2 Å². The molecule has 0 amide bonds. The van der Waals surface area contributed by atoms with Crippen LogP contribution in [0.4, 0.5) is 0 Å². The highest BCUT2D eigenvalue weighted by Crippen LogP contribution is 2.75. The molecule has 0 aromatic carbocycles. The third kappa shape index (κ3) is 3.98. The van der Waals surface area contributed by atoms with Gasteiger partial charge in [0.15, 0.2) is 0 Å². The molecule has 0 aromatic heterocycles. The van der Waals surface area contributed by atoms with E-state index in [1.54, 1.807) is 26.8 Å². The predicted octanol–water partition coefficient (Wildman–Crippen LogP) is 4.44. The van der Waals surface area contributed by atoms with Gasteiger partial charge in [-0.2, -0.15) is 0 Å². The van der Waals surface area contributed by atoms with Crippen LogP contribution in [-0.4, -0.2) is 55.0 Å². The molecule has 0 heterocycles. The first kappa shape index (κ1) is 27.6. The largest absolute Gasteiger partial charge is 0.393 e. The Labute approximate surface area is 213 Å². The van der Waals surface area contributed by atoms with E-state index in [0.717, 1.165) is 25.7 Å². The molecule has 4 saturated carbocycles. The number of hydrogen-bond acceptors (Lipinski definition) is 5. The van der Waals surface area contributed by atoms with Gasteiger partial charge in [0, 0.05) is 5.92 Å². The SMILES string of the molecule is CC(C)(O)/C=C/C[C@](C)(O)[C@@H]1[C@@H]2[C@H](O)C[C@@H]3[C@@]4(C)CC[C@H](O)C(C)(C)[C@@H]4CC[C@@]3(C)[C@]2(C)C[C@@H]1O. The molecule has 4 aliphatic rings. The van der Waals surface area contributed by atoms with Crippen molar-refractivity contribution >= 4 is 0 Å².